The standard InChI is InChI=1S/C34H30Br2Cl2N2O7S/c1-6-45-26-15-22(35)21(14-25(26)43-4)30-29(33(42)46-7-2)17(3)39-34-40(30)32(41)28(48-34)12-18-10-23(36)31(27(11-18)44-5)47-16-19-8-9-20(37)13-24(19)38/h8-15,30H,6-7,16H2,1-5H3/b28-12+/t30-/m1/s1. The number of halogens is 4. The van der Waals surface area contributed by atoms with Crippen LogP contribution in [-0.4, -0.2) is 38.0 Å². The molecule has 0 spiro atoms. The van der Waals surface area contributed by atoms with Crippen molar-refractivity contribution >= 4 is 78.4 Å². The van der Waals surface area contributed by atoms with Crippen LogP contribution >= 0.6 is 66.4 Å². The number of ether oxygens (including phenoxy) is 5. The molecule has 0 fully saturated rings. The van der Waals surface area contributed by atoms with E-state index < -0.39 is 12.0 Å². The number of thiazole rings is 1. The molecule has 0 N–H and O–H groups in total. The maximum atomic E-state index is 14.2. The summed E-state index contributed by atoms with van der Waals surface area (Å²) in [5.41, 5.74) is 2.37. The van der Waals surface area contributed by atoms with E-state index in [4.69, 9.17) is 46.9 Å². The Kier molecular flexibility index (Phi) is 11.6. The molecule has 0 saturated carbocycles. The third-order valence-electron chi connectivity index (χ3n) is 7.33. The molecule has 0 saturated heterocycles. The van der Waals surface area contributed by atoms with Crippen molar-refractivity contribution in [2.75, 3.05) is 27.4 Å². The van der Waals surface area contributed by atoms with Gasteiger partial charge in [0.15, 0.2) is 27.8 Å². The van der Waals surface area contributed by atoms with Crippen LogP contribution in [0.4, 0.5) is 0 Å². The second kappa shape index (κ2) is 15.5. The molecule has 5 rings (SSSR count). The van der Waals surface area contributed by atoms with Gasteiger partial charge in [0.2, 0.25) is 0 Å². The molecule has 1 aliphatic heterocycles. The highest BCUT2D eigenvalue weighted by atomic mass is 79.9. The summed E-state index contributed by atoms with van der Waals surface area (Å²) in [7, 11) is 3.06. The number of benzene rings is 3. The SMILES string of the molecule is CCOC(=O)C1=C(C)N=c2s/c(=C/c3cc(Br)c(OCc4ccc(Cl)cc4Cl)c(OC)c3)c(=O)n2[C@@H]1c1cc(OC)c(OCC)cc1Br. The molecule has 0 aliphatic carbocycles. The van der Waals surface area contributed by atoms with Crippen LogP contribution in [0.5, 0.6) is 23.0 Å². The first kappa shape index (κ1) is 36.0. The van der Waals surface area contributed by atoms with Crippen molar-refractivity contribution in [1.29, 1.82) is 0 Å². The van der Waals surface area contributed by atoms with Crippen molar-refractivity contribution in [1.82, 2.24) is 4.57 Å². The Morgan fingerprint density at radius 2 is 1.73 bits per heavy atom. The van der Waals surface area contributed by atoms with E-state index in [-0.39, 0.29) is 24.3 Å². The topological polar surface area (TPSA) is 97.6 Å². The Hall–Kier alpha value is -3.29. The van der Waals surface area contributed by atoms with Gasteiger partial charge in [-0.3, -0.25) is 9.36 Å². The number of nitrogens with zero attached hydrogens (tertiary/aromatic N) is 2. The number of carbonyl (C=O) groups is 1. The van der Waals surface area contributed by atoms with Gasteiger partial charge < -0.3 is 23.7 Å². The van der Waals surface area contributed by atoms with Crippen LogP contribution in [-0.2, 0) is 16.1 Å². The normalized spacial score (nSPS) is 14.4. The molecule has 48 heavy (non-hydrogen) atoms. The lowest BCUT2D eigenvalue weighted by Crippen LogP contribution is -2.40. The van der Waals surface area contributed by atoms with Gasteiger partial charge in [0, 0.05) is 20.1 Å². The number of methoxy groups -OCH3 is 2. The number of fused-ring (bicyclic) bond motifs is 1. The first-order chi connectivity index (χ1) is 23.0. The number of allylic oxidation sites excluding steroid dienone is 1. The highest BCUT2D eigenvalue weighted by molar-refractivity contribution is 9.10. The van der Waals surface area contributed by atoms with Crippen LogP contribution in [0.1, 0.15) is 43.5 Å². The molecular weight excluding hydrogens is 811 g/mol. The van der Waals surface area contributed by atoms with Gasteiger partial charge >= 0.3 is 5.97 Å². The molecule has 9 nitrogen and oxygen atoms in total. The van der Waals surface area contributed by atoms with Gasteiger partial charge in [0.05, 0.1) is 53.8 Å². The van der Waals surface area contributed by atoms with Crippen molar-refractivity contribution in [2.24, 2.45) is 4.99 Å². The fourth-order valence-corrected chi connectivity index (χ4v) is 7.80. The Bertz CT molecular complexity index is 2110. The molecule has 14 heteroatoms. The predicted octanol–water partition coefficient (Wildman–Crippen LogP) is 7.63. The monoisotopic (exact) mass is 838 g/mol. The van der Waals surface area contributed by atoms with Gasteiger partial charge in [-0.25, -0.2) is 9.79 Å². The van der Waals surface area contributed by atoms with E-state index in [1.165, 1.54) is 30.1 Å². The minimum Gasteiger partial charge on any atom is -0.493 e. The van der Waals surface area contributed by atoms with Crippen LogP contribution in [0.25, 0.3) is 6.08 Å². The summed E-state index contributed by atoms with van der Waals surface area (Å²) in [6, 6.07) is 11.4. The van der Waals surface area contributed by atoms with E-state index >= 15 is 0 Å². The minimum absolute atomic E-state index is 0.156. The van der Waals surface area contributed by atoms with Crippen LogP contribution in [0.3, 0.4) is 0 Å². The molecular formula is C34H30Br2Cl2N2O7S. The maximum Gasteiger partial charge on any atom is 0.338 e. The van der Waals surface area contributed by atoms with Crippen molar-refractivity contribution in [2.45, 2.75) is 33.4 Å². The van der Waals surface area contributed by atoms with Gasteiger partial charge in [-0.05, 0) is 90.3 Å². The summed E-state index contributed by atoms with van der Waals surface area (Å²) in [6.45, 7) is 6.09. The van der Waals surface area contributed by atoms with E-state index in [1.54, 1.807) is 56.3 Å². The molecule has 1 atom stereocenters. The molecule has 0 radical (unpaired) electrons. The zero-order valence-electron chi connectivity index (χ0n) is 26.5. The summed E-state index contributed by atoms with van der Waals surface area (Å²) in [5, 5.41) is 1.02. The number of hydrogen-bond donors (Lipinski definition) is 0. The highest BCUT2D eigenvalue weighted by Gasteiger charge is 2.35. The Labute approximate surface area is 307 Å². The van der Waals surface area contributed by atoms with Crippen molar-refractivity contribution < 1.29 is 28.5 Å². The second-order valence-corrected chi connectivity index (χ2v) is 13.9. The third-order valence-corrected chi connectivity index (χ3v) is 10.2. The Morgan fingerprint density at radius 1 is 0.979 bits per heavy atom. The molecule has 4 aromatic rings. The van der Waals surface area contributed by atoms with Crippen molar-refractivity contribution in [3.8, 4) is 23.0 Å². The molecule has 252 valence electrons. The zero-order valence-corrected chi connectivity index (χ0v) is 32.0. The van der Waals surface area contributed by atoms with Crippen LogP contribution in [0.2, 0.25) is 10.0 Å². The molecule has 0 unspecified atom stereocenters. The van der Waals surface area contributed by atoms with E-state index in [9.17, 15) is 9.59 Å². The number of esters is 1. The minimum atomic E-state index is -0.863. The van der Waals surface area contributed by atoms with Gasteiger partial charge in [-0.1, -0.05) is 56.5 Å². The maximum absolute atomic E-state index is 14.2. The van der Waals surface area contributed by atoms with Gasteiger partial charge in [-0.15, -0.1) is 0 Å². The number of hydrogen-bond acceptors (Lipinski definition) is 9. The average Bonchev–Trinajstić information content (AvgIpc) is 3.34. The Morgan fingerprint density at radius 3 is 2.40 bits per heavy atom. The van der Waals surface area contributed by atoms with E-state index in [0.717, 1.165) is 5.56 Å². The van der Waals surface area contributed by atoms with Gasteiger partial charge in [-0.2, -0.15) is 0 Å². The summed E-state index contributed by atoms with van der Waals surface area (Å²) >= 11 is 20.8. The van der Waals surface area contributed by atoms with Gasteiger partial charge in [0.25, 0.3) is 5.56 Å². The van der Waals surface area contributed by atoms with E-state index in [2.05, 4.69) is 36.9 Å². The summed E-state index contributed by atoms with van der Waals surface area (Å²) in [4.78, 5) is 32.7. The third kappa shape index (κ3) is 7.33. The predicted molar refractivity (Wildman–Crippen MR) is 194 cm³/mol. The second-order valence-electron chi connectivity index (χ2n) is 10.3. The quantitative estimate of drug-likeness (QED) is 0.144. The summed E-state index contributed by atoms with van der Waals surface area (Å²) < 4.78 is 31.7. The van der Waals surface area contributed by atoms with Crippen molar-refractivity contribution in [3.05, 3.63) is 109 Å². The molecule has 1 aliphatic rings. The number of rotatable bonds is 11. The van der Waals surface area contributed by atoms with Crippen LogP contribution in [0.15, 0.2) is 72.5 Å². The van der Waals surface area contributed by atoms with Crippen molar-refractivity contribution in [3.63, 3.8) is 0 Å². The molecule has 2 heterocycles. The van der Waals surface area contributed by atoms with Crippen LogP contribution in [0, 0.1) is 0 Å². The lowest BCUT2D eigenvalue weighted by atomic mass is 9.95. The lowest BCUT2D eigenvalue weighted by Gasteiger charge is -2.26. The van der Waals surface area contributed by atoms with E-state index in [0.29, 0.717) is 74.8 Å². The number of aromatic nitrogens is 1. The number of carbonyl (C=O) groups excluding carboxylic acids is 1. The smallest absolute Gasteiger partial charge is 0.338 e. The Balaban J connectivity index is 1.62. The van der Waals surface area contributed by atoms with Crippen LogP contribution < -0.4 is 33.8 Å². The molecule has 0 amide bonds. The fourth-order valence-electron chi connectivity index (χ4n) is 5.18. The van der Waals surface area contributed by atoms with Gasteiger partial charge in [0.1, 0.15) is 6.61 Å². The van der Waals surface area contributed by atoms with E-state index in [1.807, 2.05) is 13.0 Å². The lowest BCUT2D eigenvalue weighted by molar-refractivity contribution is -0.139. The zero-order chi connectivity index (χ0) is 34.7. The fraction of sp³-hybridized carbons (Fsp3) is 0.265. The summed E-state index contributed by atoms with van der Waals surface area (Å²) in [6.07, 6.45) is 1.74. The molecule has 1 aromatic heterocycles. The first-order valence-electron chi connectivity index (χ1n) is 14.6. The average molecular weight is 841 g/mol. The molecule has 0 bridgehead atoms. The highest BCUT2D eigenvalue weighted by Crippen LogP contribution is 2.41. The summed E-state index contributed by atoms with van der Waals surface area (Å²) in [5.74, 6) is 1.31. The molecule has 3 aromatic carbocycles. The largest absolute Gasteiger partial charge is 0.493 e. The first-order valence-corrected chi connectivity index (χ1v) is 17.8.